The van der Waals surface area contributed by atoms with E-state index in [1.807, 2.05) is 0 Å². The molecule has 6 atom stereocenters. The minimum Gasteiger partial charge on any atom is -0.389 e. The topological polar surface area (TPSA) is 149 Å². The van der Waals surface area contributed by atoms with E-state index >= 15 is 0 Å². The van der Waals surface area contributed by atoms with E-state index in [1.54, 1.807) is 60.7 Å². The maximum absolute atomic E-state index is 13.7. The minimum absolute atomic E-state index is 0.130. The molecule has 2 aromatic rings. The van der Waals surface area contributed by atoms with Crippen molar-refractivity contribution >= 4 is 23.1 Å². The fraction of sp³-hybridized carbons (Fsp3) is 0.724. The maximum Gasteiger partial charge on any atom is 0.232 e. The molecule has 0 saturated carbocycles. The lowest BCUT2D eigenvalue weighted by molar-refractivity contribution is -0.155. The molecule has 0 aliphatic carbocycles. The van der Waals surface area contributed by atoms with Crippen molar-refractivity contribution in [3.63, 3.8) is 0 Å². The second-order valence-corrected chi connectivity index (χ2v) is 19.4. The average molecular weight is 919 g/mol. The molecule has 0 aliphatic rings. The molecule has 0 amide bonds. The molecule has 0 heterocycles. The van der Waals surface area contributed by atoms with Crippen LogP contribution in [-0.4, -0.2) is 68.0 Å². The fourth-order valence-corrected chi connectivity index (χ4v) is 9.44. The summed E-state index contributed by atoms with van der Waals surface area (Å²) in [6, 6.07) is 16.8. The number of rotatable bonds is 45. The first-order valence-electron chi connectivity index (χ1n) is 27.1. The van der Waals surface area contributed by atoms with Gasteiger partial charge in [0.2, 0.25) is 11.6 Å². The molecule has 4 N–H and O–H groups in total. The molecule has 0 aliphatic heterocycles. The lowest BCUT2D eigenvalue weighted by Gasteiger charge is -2.28. The lowest BCUT2D eigenvalue weighted by atomic mass is 9.81. The van der Waals surface area contributed by atoms with Crippen LogP contribution in [0.3, 0.4) is 0 Å². The van der Waals surface area contributed by atoms with Gasteiger partial charge in [0, 0.05) is 12.8 Å². The van der Waals surface area contributed by atoms with Crippen LogP contribution >= 0.6 is 0 Å². The second kappa shape index (κ2) is 38.9. The Morgan fingerprint density at radius 3 is 0.773 bits per heavy atom. The largest absolute Gasteiger partial charge is 0.389 e. The maximum atomic E-state index is 13.7. The van der Waals surface area contributed by atoms with E-state index < -0.39 is 47.8 Å². The van der Waals surface area contributed by atoms with Gasteiger partial charge < -0.3 is 20.4 Å². The van der Waals surface area contributed by atoms with E-state index in [2.05, 4.69) is 13.8 Å². The summed E-state index contributed by atoms with van der Waals surface area (Å²) in [5.41, 5.74) is 0.797. The van der Waals surface area contributed by atoms with Gasteiger partial charge in [0.15, 0.2) is 0 Å². The Labute approximate surface area is 401 Å². The predicted octanol–water partition coefficient (Wildman–Crippen LogP) is 13.6. The van der Waals surface area contributed by atoms with Crippen molar-refractivity contribution in [3.05, 3.63) is 71.8 Å². The number of hydrogen-bond acceptors (Lipinski definition) is 8. The third kappa shape index (κ3) is 25.4. The summed E-state index contributed by atoms with van der Waals surface area (Å²) in [5, 5.41) is 45.0. The van der Waals surface area contributed by atoms with Gasteiger partial charge in [-0.3, -0.25) is 19.2 Å². The highest BCUT2D eigenvalue weighted by atomic mass is 16.4. The van der Waals surface area contributed by atoms with Crippen molar-refractivity contribution in [1.82, 2.24) is 0 Å². The number of carbonyl (C=O) groups is 4. The number of hydrogen-bond donors (Lipinski definition) is 4. The van der Waals surface area contributed by atoms with E-state index in [-0.39, 0.29) is 24.4 Å². The molecule has 66 heavy (non-hydrogen) atoms. The van der Waals surface area contributed by atoms with Crippen molar-refractivity contribution in [1.29, 1.82) is 0 Å². The van der Waals surface area contributed by atoms with Gasteiger partial charge >= 0.3 is 0 Å². The summed E-state index contributed by atoms with van der Waals surface area (Å²) >= 11 is 0. The zero-order valence-electron chi connectivity index (χ0n) is 41.7. The standard InChI is InChI=1S/C58H94O8/c1-3-5-7-9-11-13-15-17-19-21-23-25-27-29-31-39-45-49(59)51(47-41-35-33-36-42-47)53(61)55(63)57(65)58(66)56(64)54(62)52(48-43-37-34-38-44-48)50(60)46-40-32-30-28-26-24-22-20-18-16-14-12-10-8-6-4-2/h33-38,41-44,51-56,61-64H,3-32,39-40,45-46H2,1-2H3/t51?,52?,53?,54?,55-,56+. The van der Waals surface area contributed by atoms with E-state index in [0.29, 0.717) is 24.0 Å². The highest BCUT2D eigenvalue weighted by Crippen LogP contribution is 2.29. The van der Waals surface area contributed by atoms with Crippen molar-refractivity contribution in [2.45, 2.75) is 268 Å². The third-order valence-corrected chi connectivity index (χ3v) is 13.7. The summed E-state index contributed by atoms with van der Waals surface area (Å²) < 4.78 is 0. The van der Waals surface area contributed by atoms with Crippen LogP contribution in [0.25, 0.3) is 0 Å². The molecule has 0 fully saturated rings. The number of aliphatic hydroxyl groups excluding tert-OH is 4. The fourth-order valence-electron chi connectivity index (χ4n) is 9.44. The molecular formula is C58H94O8. The first kappa shape index (κ1) is 59.1. The van der Waals surface area contributed by atoms with Crippen LogP contribution < -0.4 is 0 Å². The van der Waals surface area contributed by atoms with Crippen molar-refractivity contribution < 1.29 is 39.6 Å². The van der Waals surface area contributed by atoms with Crippen LogP contribution in [0.5, 0.6) is 0 Å². The molecular weight excluding hydrogens is 825 g/mol. The zero-order chi connectivity index (χ0) is 48.0. The van der Waals surface area contributed by atoms with Crippen LogP contribution in [0.15, 0.2) is 60.7 Å². The summed E-state index contributed by atoms with van der Waals surface area (Å²) in [6.07, 6.45) is 30.0. The molecule has 0 spiro atoms. The van der Waals surface area contributed by atoms with Crippen LogP contribution in [-0.2, 0) is 19.2 Å². The Kier molecular flexibility index (Phi) is 34.8. The Hall–Kier alpha value is -3.04. The highest BCUT2D eigenvalue weighted by Gasteiger charge is 2.44. The lowest BCUT2D eigenvalue weighted by Crippen LogP contribution is -2.50. The van der Waals surface area contributed by atoms with E-state index in [1.165, 1.54) is 154 Å². The molecule has 0 radical (unpaired) electrons. The highest BCUT2D eigenvalue weighted by molar-refractivity contribution is 6.40. The van der Waals surface area contributed by atoms with Gasteiger partial charge in [0.25, 0.3) is 0 Å². The van der Waals surface area contributed by atoms with Crippen LogP contribution in [0.1, 0.15) is 255 Å². The molecule has 0 aromatic heterocycles. The summed E-state index contributed by atoms with van der Waals surface area (Å²) in [5.74, 6) is -6.33. The van der Waals surface area contributed by atoms with Gasteiger partial charge in [0.1, 0.15) is 36.0 Å². The van der Waals surface area contributed by atoms with E-state index in [0.717, 1.165) is 38.5 Å². The number of ketones is 4. The van der Waals surface area contributed by atoms with Crippen molar-refractivity contribution in [3.8, 4) is 0 Å². The summed E-state index contributed by atoms with van der Waals surface area (Å²) in [6.45, 7) is 4.50. The molecule has 8 nitrogen and oxygen atoms in total. The number of Topliss-reactive ketones (excluding diaryl/α,β-unsaturated/α-hetero) is 4. The molecule has 374 valence electrons. The molecule has 2 rings (SSSR count). The first-order valence-corrected chi connectivity index (χ1v) is 27.1. The van der Waals surface area contributed by atoms with Gasteiger partial charge in [0.05, 0.1) is 11.8 Å². The van der Waals surface area contributed by atoms with Crippen molar-refractivity contribution in [2.75, 3.05) is 0 Å². The van der Waals surface area contributed by atoms with Gasteiger partial charge in [-0.15, -0.1) is 0 Å². The Bertz CT molecular complexity index is 1400. The number of unbranched alkanes of at least 4 members (excludes halogenated alkanes) is 30. The quantitative estimate of drug-likeness (QED) is 0.0379. The Balaban J connectivity index is 1.83. The smallest absolute Gasteiger partial charge is 0.232 e. The predicted molar refractivity (Wildman–Crippen MR) is 271 cm³/mol. The van der Waals surface area contributed by atoms with E-state index in [4.69, 9.17) is 0 Å². The number of aliphatic hydroxyl groups is 4. The third-order valence-electron chi connectivity index (χ3n) is 13.7. The molecule has 2 aromatic carbocycles. The van der Waals surface area contributed by atoms with Gasteiger partial charge in [-0.25, -0.2) is 0 Å². The van der Waals surface area contributed by atoms with Crippen LogP contribution in [0.2, 0.25) is 0 Å². The summed E-state index contributed by atoms with van der Waals surface area (Å²) in [7, 11) is 0. The SMILES string of the molecule is CCCCCCCCCCCCCCCCCCC(=O)C(c1ccccc1)C(O)[C@H](O)C(=O)C(=O)[C@H](O)C(O)C(C(=O)CCCCCCCCCCCCCCCCCC)c1ccccc1. The molecule has 0 saturated heterocycles. The monoisotopic (exact) mass is 919 g/mol. The van der Waals surface area contributed by atoms with E-state index in [9.17, 15) is 39.6 Å². The molecule has 4 unspecified atom stereocenters. The van der Waals surface area contributed by atoms with Crippen LogP contribution in [0.4, 0.5) is 0 Å². The van der Waals surface area contributed by atoms with Crippen molar-refractivity contribution in [2.24, 2.45) is 0 Å². The van der Waals surface area contributed by atoms with Gasteiger partial charge in [-0.2, -0.15) is 0 Å². The molecule has 0 bridgehead atoms. The number of carbonyl (C=O) groups excluding carboxylic acids is 4. The zero-order valence-corrected chi connectivity index (χ0v) is 41.7. The van der Waals surface area contributed by atoms with Gasteiger partial charge in [-0.05, 0) is 24.0 Å². The second-order valence-electron chi connectivity index (χ2n) is 19.4. The van der Waals surface area contributed by atoms with Gasteiger partial charge in [-0.1, -0.05) is 267 Å². The minimum atomic E-state index is -2.34. The van der Waals surface area contributed by atoms with Crippen LogP contribution in [0, 0.1) is 0 Å². The number of benzene rings is 2. The Morgan fingerprint density at radius 1 is 0.333 bits per heavy atom. The average Bonchev–Trinajstić information content (AvgIpc) is 3.33. The first-order chi connectivity index (χ1) is 32.1. The molecule has 8 heteroatoms. The normalized spacial score (nSPS) is 14.3. The summed E-state index contributed by atoms with van der Waals surface area (Å²) in [4.78, 5) is 54.2. The Morgan fingerprint density at radius 2 is 0.545 bits per heavy atom.